The fraction of sp³-hybridized carbons (Fsp3) is 0.462. The molecule has 2 rings (SSSR count). The van der Waals surface area contributed by atoms with Crippen LogP contribution in [0.3, 0.4) is 0 Å². The van der Waals surface area contributed by atoms with Crippen molar-refractivity contribution in [2.24, 2.45) is 0 Å². The highest BCUT2D eigenvalue weighted by molar-refractivity contribution is 5.79. The Morgan fingerprint density at radius 3 is 2.89 bits per heavy atom. The Morgan fingerprint density at radius 1 is 1.44 bits per heavy atom. The van der Waals surface area contributed by atoms with Crippen LogP contribution < -0.4 is 4.74 Å². The van der Waals surface area contributed by atoms with Gasteiger partial charge < -0.3 is 4.74 Å². The molecule has 96 valence electrons. The van der Waals surface area contributed by atoms with Gasteiger partial charge in [0.15, 0.2) is 5.75 Å². The summed E-state index contributed by atoms with van der Waals surface area (Å²) in [5, 5.41) is 10.9. The van der Waals surface area contributed by atoms with Gasteiger partial charge in [-0.05, 0) is 25.3 Å². The summed E-state index contributed by atoms with van der Waals surface area (Å²) in [4.78, 5) is 21.8. The molecular weight excluding hydrogens is 234 g/mol. The van der Waals surface area contributed by atoms with Crippen LogP contribution in [0.2, 0.25) is 0 Å². The third-order valence-corrected chi connectivity index (χ3v) is 3.11. The second-order valence-corrected chi connectivity index (χ2v) is 4.56. The fourth-order valence-electron chi connectivity index (χ4n) is 2.19. The van der Waals surface area contributed by atoms with Gasteiger partial charge in [0.2, 0.25) is 0 Å². The number of ketones is 1. The lowest BCUT2D eigenvalue weighted by Gasteiger charge is -2.22. The van der Waals surface area contributed by atoms with Gasteiger partial charge in [-0.3, -0.25) is 14.9 Å². The second kappa shape index (κ2) is 5.16. The molecule has 0 amide bonds. The molecule has 5 nitrogen and oxygen atoms in total. The maximum Gasteiger partial charge on any atom is 0.311 e. The predicted molar refractivity (Wildman–Crippen MR) is 65.7 cm³/mol. The molecule has 0 bridgehead atoms. The Morgan fingerprint density at radius 2 is 2.22 bits per heavy atom. The molecule has 1 saturated carbocycles. The van der Waals surface area contributed by atoms with Gasteiger partial charge in [-0.15, -0.1) is 0 Å². The van der Waals surface area contributed by atoms with E-state index < -0.39 is 4.92 Å². The number of benzene rings is 1. The van der Waals surface area contributed by atoms with E-state index in [0.29, 0.717) is 18.6 Å². The van der Waals surface area contributed by atoms with E-state index in [1.807, 2.05) is 0 Å². The number of nitro benzene ring substituents is 1. The first-order valence-corrected chi connectivity index (χ1v) is 6.00. The first-order chi connectivity index (χ1) is 8.58. The van der Waals surface area contributed by atoms with Crippen LogP contribution in [0.25, 0.3) is 0 Å². The van der Waals surface area contributed by atoms with Crippen molar-refractivity contribution in [3.63, 3.8) is 0 Å². The van der Waals surface area contributed by atoms with E-state index in [4.69, 9.17) is 4.74 Å². The third kappa shape index (κ3) is 2.67. The van der Waals surface area contributed by atoms with Crippen molar-refractivity contribution in [2.75, 3.05) is 0 Å². The highest BCUT2D eigenvalue weighted by atomic mass is 16.6. The number of para-hydroxylation sites is 1. The first-order valence-electron chi connectivity index (χ1n) is 6.00. The van der Waals surface area contributed by atoms with Crippen molar-refractivity contribution in [2.45, 2.75) is 38.7 Å². The van der Waals surface area contributed by atoms with Gasteiger partial charge in [0.05, 0.1) is 4.92 Å². The van der Waals surface area contributed by atoms with Crippen molar-refractivity contribution in [1.82, 2.24) is 0 Å². The lowest BCUT2D eigenvalue weighted by atomic mass is 9.96. The number of Topliss-reactive ketones (excluding diaryl/α,β-unsaturated/α-hetero) is 1. The molecule has 1 unspecified atom stereocenters. The Bertz CT molecular complexity index is 484. The summed E-state index contributed by atoms with van der Waals surface area (Å²) in [6, 6.07) is 4.83. The van der Waals surface area contributed by atoms with E-state index in [1.165, 1.54) is 6.07 Å². The number of carbonyl (C=O) groups excluding carboxylic acids is 1. The Balaban J connectivity index is 2.22. The van der Waals surface area contributed by atoms with Crippen LogP contribution >= 0.6 is 0 Å². The maximum absolute atomic E-state index is 11.4. The molecule has 0 heterocycles. The summed E-state index contributed by atoms with van der Waals surface area (Å²) < 4.78 is 5.69. The Hall–Kier alpha value is -1.91. The van der Waals surface area contributed by atoms with Gasteiger partial charge >= 0.3 is 5.69 Å². The van der Waals surface area contributed by atoms with Crippen molar-refractivity contribution in [3.05, 3.63) is 33.9 Å². The molecule has 0 N–H and O–H groups in total. The zero-order valence-electron chi connectivity index (χ0n) is 10.2. The lowest BCUT2D eigenvalue weighted by Crippen LogP contribution is -2.25. The smallest absolute Gasteiger partial charge is 0.311 e. The highest BCUT2D eigenvalue weighted by Gasteiger charge is 2.25. The summed E-state index contributed by atoms with van der Waals surface area (Å²) in [5.74, 6) is 0.463. The van der Waals surface area contributed by atoms with Gasteiger partial charge in [-0.2, -0.15) is 0 Å². The van der Waals surface area contributed by atoms with Crippen LogP contribution in [-0.2, 0) is 4.79 Å². The van der Waals surface area contributed by atoms with Crippen LogP contribution in [0.1, 0.15) is 31.2 Å². The minimum atomic E-state index is -0.451. The van der Waals surface area contributed by atoms with Crippen molar-refractivity contribution >= 4 is 11.5 Å². The van der Waals surface area contributed by atoms with Crippen LogP contribution in [0.15, 0.2) is 18.2 Å². The summed E-state index contributed by atoms with van der Waals surface area (Å²) in [6.07, 6.45) is 2.28. The number of carbonyl (C=O) groups is 1. The zero-order chi connectivity index (χ0) is 13.1. The minimum Gasteiger partial charge on any atom is -0.483 e. The molecule has 1 aliphatic rings. The molecule has 18 heavy (non-hydrogen) atoms. The molecule has 1 aromatic rings. The summed E-state index contributed by atoms with van der Waals surface area (Å²) >= 11 is 0. The van der Waals surface area contributed by atoms with Crippen molar-refractivity contribution < 1.29 is 14.5 Å². The van der Waals surface area contributed by atoms with Crippen LogP contribution in [0.5, 0.6) is 5.75 Å². The number of rotatable bonds is 3. The molecule has 0 radical (unpaired) electrons. The number of hydrogen-bond donors (Lipinski definition) is 0. The quantitative estimate of drug-likeness (QED) is 0.610. The van der Waals surface area contributed by atoms with Crippen LogP contribution in [0, 0.1) is 17.0 Å². The normalized spacial score (nSPS) is 19.6. The Kier molecular flexibility index (Phi) is 3.60. The topological polar surface area (TPSA) is 69.4 Å². The molecule has 0 aromatic heterocycles. The summed E-state index contributed by atoms with van der Waals surface area (Å²) in [5.41, 5.74) is 0.690. The standard InChI is InChI=1S/C13H15NO4/c1-9-4-2-7-12(14(16)17)13(9)18-11-6-3-5-10(15)8-11/h2,4,7,11H,3,5-6,8H2,1H3. The molecule has 1 aliphatic carbocycles. The number of nitrogens with zero attached hydrogens (tertiary/aromatic N) is 1. The third-order valence-electron chi connectivity index (χ3n) is 3.11. The average Bonchev–Trinajstić information content (AvgIpc) is 2.31. The minimum absolute atomic E-state index is 0.0342. The zero-order valence-corrected chi connectivity index (χ0v) is 10.2. The molecule has 0 aliphatic heterocycles. The summed E-state index contributed by atoms with van der Waals surface area (Å²) in [7, 11) is 0. The highest BCUT2D eigenvalue weighted by Crippen LogP contribution is 2.33. The van der Waals surface area contributed by atoms with E-state index in [-0.39, 0.29) is 17.6 Å². The van der Waals surface area contributed by atoms with Gasteiger partial charge in [-0.1, -0.05) is 12.1 Å². The van der Waals surface area contributed by atoms with Crippen LogP contribution in [0.4, 0.5) is 5.69 Å². The number of nitro groups is 1. The van der Waals surface area contributed by atoms with E-state index in [0.717, 1.165) is 18.4 Å². The van der Waals surface area contributed by atoms with Gasteiger partial charge in [0, 0.05) is 18.9 Å². The molecule has 1 atom stereocenters. The summed E-state index contributed by atoms with van der Waals surface area (Å²) in [6.45, 7) is 1.77. The van der Waals surface area contributed by atoms with E-state index in [2.05, 4.69) is 0 Å². The number of aryl methyl sites for hydroxylation is 1. The molecule has 1 fully saturated rings. The largest absolute Gasteiger partial charge is 0.483 e. The number of hydrogen-bond acceptors (Lipinski definition) is 4. The monoisotopic (exact) mass is 249 g/mol. The average molecular weight is 249 g/mol. The van der Waals surface area contributed by atoms with Crippen molar-refractivity contribution in [3.8, 4) is 5.75 Å². The second-order valence-electron chi connectivity index (χ2n) is 4.56. The van der Waals surface area contributed by atoms with E-state index in [9.17, 15) is 14.9 Å². The Labute approximate surface area is 105 Å². The maximum atomic E-state index is 11.4. The van der Waals surface area contributed by atoms with Gasteiger partial charge in [0.1, 0.15) is 11.9 Å². The molecule has 5 heteroatoms. The molecular formula is C13H15NO4. The lowest BCUT2D eigenvalue weighted by molar-refractivity contribution is -0.386. The SMILES string of the molecule is Cc1cccc([N+](=O)[O-])c1OC1CCCC(=O)C1. The molecule has 1 aromatic carbocycles. The predicted octanol–water partition coefficient (Wildman–Crippen LogP) is 2.79. The van der Waals surface area contributed by atoms with Gasteiger partial charge in [0.25, 0.3) is 0 Å². The van der Waals surface area contributed by atoms with E-state index in [1.54, 1.807) is 19.1 Å². The van der Waals surface area contributed by atoms with E-state index >= 15 is 0 Å². The first kappa shape index (κ1) is 12.5. The van der Waals surface area contributed by atoms with Crippen molar-refractivity contribution in [1.29, 1.82) is 0 Å². The number of ether oxygens (including phenoxy) is 1. The van der Waals surface area contributed by atoms with Crippen LogP contribution in [-0.4, -0.2) is 16.8 Å². The molecule has 0 spiro atoms. The van der Waals surface area contributed by atoms with Gasteiger partial charge in [-0.25, -0.2) is 0 Å². The molecule has 0 saturated heterocycles. The fourth-order valence-corrected chi connectivity index (χ4v) is 2.19.